The Labute approximate surface area is 326 Å². The summed E-state index contributed by atoms with van der Waals surface area (Å²) in [6.45, 7) is 6.31. The van der Waals surface area contributed by atoms with Gasteiger partial charge in [-0.25, -0.2) is 9.59 Å². The van der Waals surface area contributed by atoms with Crippen molar-refractivity contribution >= 4 is 11.9 Å². The molecule has 0 saturated carbocycles. The van der Waals surface area contributed by atoms with Crippen LogP contribution in [-0.2, 0) is 38.3 Å². The van der Waals surface area contributed by atoms with Gasteiger partial charge in [0, 0.05) is 6.42 Å². The molecule has 0 aliphatic carbocycles. The van der Waals surface area contributed by atoms with Crippen molar-refractivity contribution in [3.8, 4) is 33.8 Å². The van der Waals surface area contributed by atoms with Gasteiger partial charge in [-0.2, -0.15) is 13.2 Å². The van der Waals surface area contributed by atoms with Crippen LogP contribution < -0.4 is 9.47 Å². The molecule has 0 spiro atoms. The molecule has 0 atom stereocenters. The zero-order valence-electron chi connectivity index (χ0n) is 31.5. The molecule has 0 heterocycles. The molecule has 0 aliphatic rings. The summed E-state index contributed by atoms with van der Waals surface area (Å²) in [5.41, 5.74) is 7.62. The molecule has 0 radical (unpaired) electrons. The number of carbonyl (C=O) groups is 2. The van der Waals surface area contributed by atoms with Crippen molar-refractivity contribution in [3.05, 3.63) is 132 Å². The smallest absolute Gasteiger partial charge is 0.389 e. The quantitative estimate of drug-likeness (QED) is 0.0437. The highest BCUT2D eigenvalue weighted by Gasteiger charge is 2.25. The fraction of sp³-hybridized carbons (Fsp3) is 0.333. The number of unbranched alkanes of at least 4 members (excludes halogenated alkanes) is 3. The summed E-state index contributed by atoms with van der Waals surface area (Å²) in [5, 5.41) is 17.9. The van der Waals surface area contributed by atoms with Gasteiger partial charge in [-0.1, -0.05) is 92.7 Å². The van der Waals surface area contributed by atoms with Gasteiger partial charge in [-0.15, -0.1) is 0 Å². The second kappa shape index (κ2) is 22.2. The maximum atomic E-state index is 12.6. The molecule has 0 amide bonds. The van der Waals surface area contributed by atoms with E-state index in [0.717, 1.165) is 54.4 Å². The normalized spacial score (nSPS) is 11.2. The highest BCUT2D eigenvalue weighted by Crippen LogP contribution is 2.29. The van der Waals surface area contributed by atoms with Crippen molar-refractivity contribution in [2.75, 3.05) is 39.6 Å². The average Bonchev–Trinajstić information content (AvgIpc) is 3.21. The number of carbonyl (C=O) groups excluding carboxylic acids is 2. The molecule has 56 heavy (non-hydrogen) atoms. The Morgan fingerprint density at radius 1 is 0.536 bits per heavy atom. The topological polar surface area (TPSA) is 112 Å². The number of aliphatic hydroxyl groups is 2. The minimum absolute atomic E-state index is 0.00937. The van der Waals surface area contributed by atoms with Gasteiger partial charge in [0.15, 0.2) is 0 Å². The first kappa shape index (κ1) is 43.3. The van der Waals surface area contributed by atoms with E-state index in [-0.39, 0.29) is 44.0 Å². The number of ether oxygens (including phenoxy) is 4. The lowest BCUT2D eigenvalue weighted by Gasteiger charge is -2.14. The number of halogens is 3. The molecule has 0 aromatic heterocycles. The van der Waals surface area contributed by atoms with E-state index >= 15 is 0 Å². The van der Waals surface area contributed by atoms with E-state index in [2.05, 4.69) is 55.6 Å². The maximum absolute atomic E-state index is 12.6. The molecule has 4 rings (SSSR count). The SMILES string of the molecule is C=C(CO)C(=O)OCCOc1ccc(-c2ccc(CCc3ccc(-c4ccc(OCCOC(=O)C(=C)CO)cc4)cc3CCCCCCC(F)(F)F)cc2)cc1. The third-order valence-corrected chi connectivity index (χ3v) is 9.00. The predicted molar refractivity (Wildman–Crippen MR) is 209 cm³/mol. The summed E-state index contributed by atoms with van der Waals surface area (Å²) in [7, 11) is 0. The maximum Gasteiger partial charge on any atom is 0.389 e. The van der Waals surface area contributed by atoms with Gasteiger partial charge < -0.3 is 29.2 Å². The van der Waals surface area contributed by atoms with Crippen LogP contribution in [0, 0.1) is 0 Å². The summed E-state index contributed by atoms with van der Waals surface area (Å²) in [4.78, 5) is 23.2. The number of hydrogen-bond donors (Lipinski definition) is 2. The van der Waals surface area contributed by atoms with Crippen LogP contribution in [0.4, 0.5) is 13.2 Å². The molecule has 0 bridgehead atoms. The summed E-state index contributed by atoms with van der Waals surface area (Å²) >= 11 is 0. The number of esters is 2. The Kier molecular flexibility index (Phi) is 17.2. The monoisotopic (exact) mass is 774 g/mol. The lowest BCUT2D eigenvalue weighted by molar-refractivity contribution is -0.141. The molecule has 0 aliphatic heterocycles. The highest BCUT2D eigenvalue weighted by molar-refractivity contribution is 5.88. The zero-order valence-corrected chi connectivity index (χ0v) is 31.5. The summed E-state index contributed by atoms with van der Waals surface area (Å²) in [6.07, 6.45) is -0.289. The summed E-state index contributed by atoms with van der Waals surface area (Å²) in [5.74, 6) is -0.0750. The molecule has 0 unspecified atom stereocenters. The Bertz CT molecular complexity index is 1870. The van der Waals surface area contributed by atoms with E-state index in [1.54, 1.807) is 0 Å². The van der Waals surface area contributed by atoms with Gasteiger partial charge in [-0.3, -0.25) is 0 Å². The van der Waals surface area contributed by atoms with Gasteiger partial charge in [0.05, 0.1) is 24.4 Å². The van der Waals surface area contributed by atoms with E-state index in [0.29, 0.717) is 17.9 Å². The van der Waals surface area contributed by atoms with Crippen LogP contribution >= 0.6 is 0 Å². The number of hydrogen-bond acceptors (Lipinski definition) is 8. The third-order valence-electron chi connectivity index (χ3n) is 9.00. The van der Waals surface area contributed by atoms with Gasteiger partial charge in [-0.05, 0) is 95.3 Å². The Balaban J connectivity index is 1.34. The second-order valence-electron chi connectivity index (χ2n) is 13.3. The van der Waals surface area contributed by atoms with Crippen LogP contribution in [0.2, 0.25) is 0 Å². The molecule has 0 saturated heterocycles. The Morgan fingerprint density at radius 2 is 1.00 bits per heavy atom. The van der Waals surface area contributed by atoms with Crippen LogP contribution in [0.5, 0.6) is 11.5 Å². The largest absolute Gasteiger partial charge is 0.490 e. The van der Waals surface area contributed by atoms with Crippen LogP contribution in [0.15, 0.2) is 115 Å². The van der Waals surface area contributed by atoms with E-state index in [1.807, 2.05) is 48.5 Å². The third kappa shape index (κ3) is 14.7. The van der Waals surface area contributed by atoms with Crippen molar-refractivity contribution in [2.24, 2.45) is 0 Å². The predicted octanol–water partition coefficient (Wildman–Crippen LogP) is 8.80. The van der Waals surface area contributed by atoms with Crippen LogP contribution in [0.25, 0.3) is 22.3 Å². The number of aliphatic hydroxyl groups excluding tert-OH is 2. The van der Waals surface area contributed by atoms with Crippen molar-refractivity contribution in [1.82, 2.24) is 0 Å². The first-order valence-corrected chi connectivity index (χ1v) is 18.6. The van der Waals surface area contributed by atoms with Crippen molar-refractivity contribution in [3.63, 3.8) is 0 Å². The Morgan fingerprint density at radius 3 is 1.50 bits per heavy atom. The minimum Gasteiger partial charge on any atom is -0.490 e. The first-order valence-electron chi connectivity index (χ1n) is 18.6. The molecular formula is C45H49F3O8. The summed E-state index contributed by atoms with van der Waals surface area (Å²) < 4.78 is 59.3. The van der Waals surface area contributed by atoms with Gasteiger partial charge in [0.2, 0.25) is 0 Å². The van der Waals surface area contributed by atoms with E-state index in [9.17, 15) is 22.8 Å². The molecular weight excluding hydrogens is 725 g/mol. The number of aryl methyl sites for hydroxylation is 3. The van der Waals surface area contributed by atoms with Crippen molar-refractivity contribution < 1.29 is 51.9 Å². The molecule has 4 aromatic carbocycles. The van der Waals surface area contributed by atoms with Gasteiger partial charge >= 0.3 is 18.1 Å². The molecule has 298 valence electrons. The summed E-state index contributed by atoms with van der Waals surface area (Å²) in [6, 6.07) is 30.0. The van der Waals surface area contributed by atoms with Crippen molar-refractivity contribution in [2.45, 2.75) is 57.5 Å². The zero-order chi connectivity index (χ0) is 40.3. The highest BCUT2D eigenvalue weighted by atomic mass is 19.4. The van der Waals surface area contributed by atoms with E-state index in [1.165, 1.54) is 16.7 Å². The van der Waals surface area contributed by atoms with Gasteiger partial charge in [0.25, 0.3) is 0 Å². The lowest BCUT2D eigenvalue weighted by Crippen LogP contribution is -2.14. The molecule has 2 N–H and O–H groups in total. The van der Waals surface area contributed by atoms with E-state index < -0.39 is 37.7 Å². The first-order chi connectivity index (χ1) is 27.0. The number of alkyl halides is 3. The fourth-order valence-corrected chi connectivity index (χ4v) is 5.83. The molecule has 0 fully saturated rings. The number of benzene rings is 4. The Hall–Kier alpha value is -5.39. The van der Waals surface area contributed by atoms with Crippen LogP contribution in [-0.4, -0.2) is 68.0 Å². The minimum atomic E-state index is -4.12. The van der Waals surface area contributed by atoms with Crippen LogP contribution in [0.1, 0.15) is 48.8 Å². The second-order valence-corrected chi connectivity index (χ2v) is 13.3. The van der Waals surface area contributed by atoms with Crippen LogP contribution in [0.3, 0.4) is 0 Å². The fourth-order valence-electron chi connectivity index (χ4n) is 5.83. The lowest BCUT2D eigenvalue weighted by atomic mass is 9.92. The molecule has 4 aromatic rings. The standard InChI is InChI=1S/C45H49F3O8/c1-32(30-49)43(51)55-27-25-53-41-20-16-36(17-21-41)35-11-8-34(9-12-35)10-13-37-14-15-40(29-39(37)7-5-3-4-6-24-45(46,47)48)38-18-22-42(23-19-38)54-26-28-56-44(52)33(2)31-50/h8-9,11-12,14-23,29,49-50H,1-7,10,13,24-28,30-31H2. The molecule has 8 nitrogen and oxygen atoms in total. The molecule has 11 heteroatoms. The van der Waals surface area contributed by atoms with Gasteiger partial charge in [0.1, 0.15) is 37.9 Å². The van der Waals surface area contributed by atoms with Crippen molar-refractivity contribution in [1.29, 1.82) is 0 Å². The van der Waals surface area contributed by atoms with E-state index in [4.69, 9.17) is 29.2 Å². The average molecular weight is 775 g/mol. The number of rotatable bonds is 23.